The third-order valence-electron chi connectivity index (χ3n) is 12.3. The first-order valence-corrected chi connectivity index (χ1v) is 19.2. The average molecular weight is 682 g/mol. The second-order valence-corrected chi connectivity index (χ2v) is 15.5. The van der Waals surface area contributed by atoms with Crippen LogP contribution in [0.25, 0.3) is 22.3 Å². The number of anilines is 3. The molecule has 4 aliphatic carbocycles. The summed E-state index contributed by atoms with van der Waals surface area (Å²) < 4.78 is 0. The Bertz CT molecular complexity index is 2450. The summed E-state index contributed by atoms with van der Waals surface area (Å²) >= 11 is 0. The van der Waals surface area contributed by atoms with Crippen molar-refractivity contribution in [3.8, 4) is 22.3 Å². The molecule has 4 aliphatic rings. The molecule has 0 amide bonds. The molecule has 6 aromatic rings. The summed E-state index contributed by atoms with van der Waals surface area (Å²) in [6.07, 6.45) is 14.1. The van der Waals surface area contributed by atoms with Crippen molar-refractivity contribution in [3.05, 3.63) is 221 Å². The second-order valence-electron chi connectivity index (χ2n) is 15.5. The van der Waals surface area contributed by atoms with Crippen molar-refractivity contribution in [2.45, 2.75) is 50.4 Å². The lowest BCUT2D eigenvalue weighted by atomic mass is 9.65. The van der Waals surface area contributed by atoms with E-state index in [2.05, 4.69) is 195 Å². The first-order valence-electron chi connectivity index (χ1n) is 19.2. The highest BCUT2D eigenvalue weighted by Gasteiger charge is 2.48. The van der Waals surface area contributed by atoms with Crippen LogP contribution in [0.1, 0.15) is 61.8 Å². The Balaban J connectivity index is 1.13. The quantitative estimate of drug-likeness (QED) is 0.169. The predicted molar refractivity (Wildman–Crippen MR) is 222 cm³/mol. The minimum Gasteiger partial charge on any atom is -0.310 e. The minimum absolute atomic E-state index is 0.0863. The van der Waals surface area contributed by atoms with E-state index >= 15 is 0 Å². The normalized spacial score (nSPS) is 17.3. The van der Waals surface area contributed by atoms with E-state index in [0.29, 0.717) is 0 Å². The number of fused-ring (bicyclic) bond motifs is 4. The molecule has 0 aromatic heterocycles. The van der Waals surface area contributed by atoms with E-state index in [-0.39, 0.29) is 10.8 Å². The summed E-state index contributed by atoms with van der Waals surface area (Å²) in [5.74, 6) is 0. The molecule has 0 fully saturated rings. The van der Waals surface area contributed by atoms with Crippen LogP contribution < -0.4 is 4.90 Å². The van der Waals surface area contributed by atoms with Gasteiger partial charge in [0.05, 0.1) is 5.41 Å². The van der Waals surface area contributed by atoms with Crippen LogP contribution in [0, 0.1) is 0 Å². The molecule has 0 saturated heterocycles. The zero-order valence-electron chi connectivity index (χ0n) is 30.5. The number of nitrogens with zero attached hydrogens (tertiary/aromatic N) is 1. The van der Waals surface area contributed by atoms with Gasteiger partial charge in [0.25, 0.3) is 0 Å². The Morgan fingerprint density at radius 3 is 1.62 bits per heavy atom. The molecule has 6 aromatic carbocycles. The van der Waals surface area contributed by atoms with Crippen molar-refractivity contribution in [2.24, 2.45) is 0 Å². The van der Waals surface area contributed by atoms with Gasteiger partial charge in [-0.15, -0.1) is 0 Å². The van der Waals surface area contributed by atoms with E-state index in [4.69, 9.17) is 0 Å². The highest BCUT2D eigenvalue weighted by Crippen LogP contribution is 2.58. The van der Waals surface area contributed by atoms with Crippen molar-refractivity contribution < 1.29 is 0 Å². The molecule has 1 nitrogen and oxygen atoms in total. The fourth-order valence-corrected chi connectivity index (χ4v) is 9.85. The van der Waals surface area contributed by atoms with Gasteiger partial charge in [0.15, 0.2) is 0 Å². The second kappa shape index (κ2) is 12.3. The van der Waals surface area contributed by atoms with Crippen LogP contribution in [-0.4, -0.2) is 0 Å². The number of hydrogen-bond donors (Lipinski definition) is 0. The summed E-state index contributed by atoms with van der Waals surface area (Å²) in [6, 6.07) is 56.5. The van der Waals surface area contributed by atoms with Crippen LogP contribution >= 0.6 is 0 Å². The Labute approximate surface area is 314 Å². The van der Waals surface area contributed by atoms with Crippen LogP contribution in [-0.2, 0) is 10.8 Å². The molecule has 0 N–H and O–H groups in total. The van der Waals surface area contributed by atoms with Crippen LogP contribution in [0.15, 0.2) is 198 Å². The van der Waals surface area contributed by atoms with E-state index in [1.54, 1.807) is 11.1 Å². The molecule has 0 radical (unpaired) electrons. The molecular formula is C52H43N. The van der Waals surface area contributed by atoms with Crippen LogP contribution in [0.2, 0.25) is 0 Å². The van der Waals surface area contributed by atoms with Gasteiger partial charge in [0, 0.05) is 22.5 Å². The monoisotopic (exact) mass is 681 g/mol. The fourth-order valence-electron chi connectivity index (χ4n) is 9.85. The summed E-state index contributed by atoms with van der Waals surface area (Å²) in [6.45, 7) is 4.73. The molecule has 0 heterocycles. The van der Waals surface area contributed by atoms with E-state index in [1.807, 2.05) is 0 Å². The van der Waals surface area contributed by atoms with Gasteiger partial charge in [-0.25, -0.2) is 0 Å². The summed E-state index contributed by atoms with van der Waals surface area (Å²) in [4.78, 5) is 2.44. The molecule has 10 rings (SSSR count). The lowest BCUT2D eigenvalue weighted by Crippen LogP contribution is -2.30. The highest BCUT2D eigenvalue weighted by molar-refractivity contribution is 5.86. The number of hydrogen-bond acceptors (Lipinski definition) is 1. The average Bonchev–Trinajstić information content (AvgIpc) is 3.65. The Morgan fingerprint density at radius 2 is 0.962 bits per heavy atom. The number of benzene rings is 6. The predicted octanol–water partition coefficient (Wildman–Crippen LogP) is 13.7. The van der Waals surface area contributed by atoms with E-state index in [9.17, 15) is 0 Å². The molecular weight excluding hydrogens is 639 g/mol. The molecule has 0 aliphatic heterocycles. The van der Waals surface area contributed by atoms with Crippen molar-refractivity contribution in [1.29, 1.82) is 0 Å². The number of rotatable bonds is 6. The molecule has 0 saturated carbocycles. The van der Waals surface area contributed by atoms with Crippen LogP contribution in [0.5, 0.6) is 0 Å². The number of allylic oxidation sites excluding steroid dienone is 8. The van der Waals surface area contributed by atoms with E-state index in [1.165, 1.54) is 61.3 Å². The first-order chi connectivity index (χ1) is 26.0. The topological polar surface area (TPSA) is 3.24 Å². The maximum atomic E-state index is 2.44. The molecule has 53 heavy (non-hydrogen) atoms. The summed E-state index contributed by atoms with van der Waals surface area (Å²) in [5, 5.41) is 0. The van der Waals surface area contributed by atoms with Crippen LogP contribution in [0.3, 0.4) is 0 Å². The smallest absolute Gasteiger partial charge is 0.0706 e. The fraction of sp³-hybridized carbons (Fsp3) is 0.154. The highest BCUT2D eigenvalue weighted by atomic mass is 15.1. The Morgan fingerprint density at radius 1 is 0.453 bits per heavy atom. The molecule has 0 bridgehead atoms. The lowest BCUT2D eigenvalue weighted by Gasteiger charge is -2.37. The Kier molecular flexibility index (Phi) is 7.41. The van der Waals surface area contributed by atoms with Gasteiger partial charge in [-0.1, -0.05) is 153 Å². The van der Waals surface area contributed by atoms with Gasteiger partial charge >= 0.3 is 0 Å². The van der Waals surface area contributed by atoms with Crippen LogP contribution in [0.4, 0.5) is 17.1 Å². The SMILES string of the molecule is CC1(C)c2ccccc2-c2ccc(N(c3ccc(-c4ccccc4)cc3)c3ccc(C4(c5ccccc5)C5=C(CCC=C5)C5=C4C=CCC5)cc3)cc21. The zero-order valence-corrected chi connectivity index (χ0v) is 30.5. The van der Waals surface area contributed by atoms with Gasteiger partial charge < -0.3 is 4.90 Å². The third kappa shape index (κ3) is 4.84. The van der Waals surface area contributed by atoms with Crippen molar-refractivity contribution in [2.75, 3.05) is 4.90 Å². The first kappa shape index (κ1) is 31.8. The van der Waals surface area contributed by atoms with Gasteiger partial charge in [-0.05, 0) is 129 Å². The van der Waals surface area contributed by atoms with E-state index in [0.717, 1.165) is 37.1 Å². The maximum Gasteiger partial charge on any atom is 0.0706 e. The van der Waals surface area contributed by atoms with Gasteiger partial charge in [0.2, 0.25) is 0 Å². The van der Waals surface area contributed by atoms with Crippen molar-refractivity contribution >= 4 is 17.1 Å². The molecule has 0 atom stereocenters. The van der Waals surface area contributed by atoms with Gasteiger partial charge in [-0.3, -0.25) is 0 Å². The Hall–Kier alpha value is -5.92. The minimum atomic E-state index is -0.330. The maximum absolute atomic E-state index is 2.44. The summed E-state index contributed by atoms with van der Waals surface area (Å²) in [7, 11) is 0. The largest absolute Gasteiger partial charge is 0.310 e. The molecule has 1 heteroatoms. The lowest BCUT2D eigenvalue weighted by molar-refractivity contribution is 0.660. The standard InChI is InChI=1S/C52H43N/c1-51(2)47-22-12-9-19-43(47)46-34-33-42(35-50(46)51)53(40-29-25-37(26-30-40)36-15-5-3-6-16-36)41-31-27-39(28-32-41)52(38-17-7-4-8-18-38)48-23-13-10-20-44(48)45-21-11-14-24-49(45)52/h3-9,12-19,22-35H,10-11,20-21H2,1-2H3. The van der Waals surface area contributed by atoms with Crippen molar-refractivity contribution in [1.82, 2.24) is 0 Å². The van der Waals surface area contributed by atoms with Gasteiger partial charge in [0.1, 0.15) is 0 Å². The molecule has 256 valence electrons. The van der Waals surface area contributed by atoms with Gasteiger partial charge in [-0.2, -0.15) is 0 Å². The molecule has 0 unspecified atom stereocenters. The molecule has 0 spiro atoms. The summed E-state index contributed by atoms with van der Waals surface area (Å²) in [5.41, 5.74) is 19.7. The van der Waals surface area contributed by atoms with E-state index < -0.39 is 0 Å². The van der Waals surface area contributed by atoms with Crippen molar-refractivity contribution in [3.63, 3.8) is 0 Å². The third-order valence-corrected chi connectivity index (χ3v) is 12.3. The zero-order chi connectivity index (χ0) is 35.6.